The second-order valence-electron chi connectivity index (χ2n) is 19.2. The van der Waals surface area contributed by atoms with Crippen molar-refractivity contribution in [3.05, 3.63) is 48.6 Å². The second kappa shape index (κ2) is 55.0. The molecular formula is C60H108O6. The van der Waals surface area contributed by atoms with E-state index in [1.165, 1.54) is 173 Å². The van der Waals surface area contributed by atoms with Crippen molar-refractivity contribution in [1.29, 1.82) is 0 Å². The minimum absolute atomic E-state index is 0.0739. The maximum atomic E-state index is 12.7. The molecule has 0 saturated carbocycles. The van der Waals surface area contributed by atoms with E-state index in [-0.39, 0.29) is 31.1 Å². The maximum absolute atomic E-state index is 12.7. The van der Waals surface area contributed by atoms with Crippen LogP contribution in [0.1, 0.15) is 297 Å². The highest BCUT2D eigenvalue weighted by Gasteiger charge is 2.19. The van der Waals surface area contributed by atoms with Gasteiger partial charge in [-0.3, -0.25) is 14.4 Å². The van der Waals surface area contributed by atoms with Crippen LogP contribution in [-0.2, 0) is 28.6 Å². The quantitative estimate of drug-likeness (QED) is 0.0262. The Kier molecular flexibility index (Phi) is 52.8. The fraction of sp³-hybridized carbons (Fsp3) is 0.817. The number of hydrogen-bond donors (Lipinski definition) is 0. The van der Waals surface area contributed by atoms with Crippen LogP contribution in [0.4, 0.5) is 0 Å². The SMILES string of the molecule is CCCC/C=C\CCCCCCCC(=O)OC(COC(=O)CCCCCCCCCC)COC(=O)CCCCCCCCCCCCCCCC/C=C\C/C=C\C/C=C\CCCCCCC. The Morgan fingerprint density at radius 3 is 0.909 bits per heavy atom. The molecule has 6 nitrogen and oxygen atoms in total. The Balaban J connectivity index is 4.04. The number of unbranched alkanes of at least 4 members (excludes halogenated alkanes) is 33. The van der Waals surface area contributed by atoms with Gasteiger partial charge in [0, 0.05) is 19.3 Å². The Morgan fingerprint density at radius 1 is 0.303 bits per heavy atom. The normalized spacial score (nSPS) is 12.3. The molecule has 0 aromatic carbocycles. The van der Waals surface area contributed by atoms with E-state index in [9.17, 15) is 14.4 Å². The van der Waals surface area contributed by atoms with Crippen molar-refractivity contribution in [2.24, 2.45) is 0 Å². The first kappa shape index (κ1) is 63.4. The molecule has 1 atom stereocenters. The van der Waals surface area contributed by atoms with Crippen molar-refractivity contribution < 1.29 is 28.6 Å². The van der Waals surface area contributed by atoms with Crippen molar-refractivity contribution in [3.8, 4) is 0 Å². The molecule has 0 saturated heterocycles. The lowest BCUT2D eigenvalue weighted by atomic mass is 10.0. The van der Waals surface area contributed by atoms with Gasteiger partial charge in [0.15, 0.2) is 6.10 Å². The first-order chi connectivity index (χ1) is 32.5. The van der Waals surface area contributed by atoms with Crippen molar-refractivity contribution in [1.82, 2.24) is 0 Å². The smallest absolute Gasteiger partial charge is 0.306 e. The predicted octanol–water partition coefficient (Wildman–Crippen LogP) is 19.0. The van der Waals surface area contributed by atoms with E-state index in [0.29, 0.717) is 19.3 Å². The van der Waals surface area contributed by atoms with Crippen LogP contribution in [0, 0.1) is 0 Å². The first-order valence-electron chi connectivity index (χ1n) is 28.6. The van der Waals surface area contributed by atoms with Gasteiger partial charge in [-0.05, 0) is 77.0 Å². The summed E-state index contributed by atoms with van der Waals surface area (Å²) in [6.45, 7) is 6.57. The molecule has 0 fully saturated rings. The van der Waals surface area contributed by atoms with Gasteiger partial charge < -0.3 is 14.2 Å². The van der Waals surface area contributed by atoms with Gasteiger partial charge in [-0.1, -0.05) is 249 Å². The van der Waals surface area contributed by atoms with Gasteiger partial charge in [0.25, 0.3) is 0 Å². The van der Waals surface area contributed by atoms with E-state index in [0.717, 1.165) is 83.5 Å². The van der Waals surface area contributed by atoms with Crippen LogP contribution in [-0.4, -0.2) is 37.2 Å². The summed E-state index contributed by atoms with van der Waals surface area (Å²) in [5, 5.41) is 0. The molecule has 66 heavy (non-hydrogen) atoms. The molecule has 0 aliphatic carbocycles. The molecular weight excluding hydrogens is 817 g/mol. The van der Waals surface area contributed by atoms with E-state index in [1.807, 2.05) is 0 Å². The predicted molar refractivity (Wildman–Crippen MR) is 284 cm³/mol. The van der Waals surface area contributed by atoms with Crippen molar-refractivity contribution in [2.75, 3.05) is 13.2 Å². The Bertz CT molecular complexity index is 1150. The maximum Gasteiger partial charge on any atom is 0.306 e. The van der Waals surface area contributed by atoms with Crippen LogP contribution < -0.4 is 0 Å². The number of allylic oxidation sites excluding steroid dienone is 8. The monoisotopic (exact) mass is 925 g/mol. The highest BCUT2D eigenvalue weighted by Crippen LogP contribution is 2.16. The second-order valence-corrected chi connectivity index (χ2v) is 19.2. The highest BCUT2D eigenvalue weighted by atomic mass is 16.6. The van der Waals surface area contributed by atoms with Crippen LogP contribution in [0.2, 0.25) is 0 Å². The summed E-state index contributed by atoms with van der Waals surface area (Å²) in [4.78, 5) is 37.8. The number of hydrogen-bond acceptors (Lipinski definition) is 6. The Labute approximate surface area is 409 Å². The molecule has 6 heteroatoms. The summed E-state index contributed by atoms with van der Waals surface area (Å²) in [5.41, 5.74) is 0. The van der Waals surface area contributed by atoms with Gasteiger partial charge in [-0.25, -0.2) is 0 Å². The average molecular weight is 926 g/mol. The molecule has 0 aliphatic rings. The van der Waals surface area contributed by atoms with Crippen molar-refractivity contribution >= 4 is 17.9 Å². The lowest BCUT2D eigenvalue weighted by Crippen LogP contribution is -2.30. The third-order valence-electron chi connectivity index (χ3n) is 12.6. The summed E-state index contributed by atoms with van der Waals surface area (Å²) in [6.07, 6.45) is 67.0. The molecule has 0 aromatic heterocycles. The summed E-state index contributed by atoms with van der Waals surface area (Å²) >= 11 is 0. The molecule has 0 aliphatic heterocycles. The van der Waals surface area contributed by atoms with Gasteiger partial charge in [0.05, 0.1) is 0 Å². The fourth-order valence-electron chi connectivity index (χ4n) is 8.20. The van der Waals surface area contributed by atoms with E-state index >= 15 is 0 Å². The van der Waals surface area contributed by atoms with Gasteiger partial charge >= 0.3 is 17.9 Å². The Hall–Kier alpha value is -2.63. The average Bonchev–Trinajstić information content (AvgIpc) is 3.31. The number of ether oxygens (including phenoxy) is 3. The van der Waals surface area contributed by atoms with Gasteiger partial charge in [0.2, 0.25) is 0 Å². The third-order valence-corrected chi connectivity index (χ3v) is 12.6. The minimum Gasteiger partial charge on any atom is -0.462 e. The zero-order chi connectivity index (χ0) is 47.9. The first-order valence-corrected chi connectivity index (χ1v) is 28.6. The molecule has 384 valence electrons. The molecule has 0 spiro atoms. The van der Waals surface area contributed by atoms with E-state index in [4.69, 9.17) is 14.2 Å². The lowest BCUT2D eigenvalue weighted by Gasteiger charge is -2.18. The molecule has 0 amide bonds. The molecule has 0 heterocycles. The summed E-state index contributed by atoms with van der Waals surface area (Å²) in [6, 6.07) is 0. The summed E-state index contributed by atoms with van der Waals surface area (Å²) < 4.78 is 16.8. The molecule has 1 unspecified atom stereocenters. The van der Waals surface area contributed by atoms with Gasteiger partial charge in [0.1, 0.15) is 13.2 Å². The minimum atomic E-state index is -0.772. The van der Waals surface area contributed by atoms with Crippen LogP contribution in [0.5, 0.6) is 0 Å². The van der Waals surface area contributed by atoms with E-state index in [1.54, 1.807) is 0 Å². The highest BCUT2D eigenvalue weighted by molar-refractivity contribution is 5.71. The molecule has 0 radical (unpaired) electrons. The van der Waals surface area contributed by atoms with Crippen molar-refractivity contribution in [2.45, 2.75) is 303 Å². The standard InChI is InChI=1S/C60H108O6/c1-4-7-10-13-16-19-21-22-23-24-25-26-27-28-29-30-31-32-33-34-35-36-37-38-40-41-44-47-50-53-59(62)65-56-57(55-64-58(61)52-49-46-43-18-15-12-9-6-3)66-60(63)54-51-48-45-42-39-20-17-14-11-8-5-2/h14,17,21-22,24-25,27-28,57H,4-13,15-16,18-20,23,26,29-56H2,1-3H3/b17-14-,22-21-,25-24-,28-27-. The molecule has 0 rings (SSSR count). The van der Waals surface area contributed by atoms with E-state index < -0.39 is 6.10 Å². The van der Waals surface area contributed by atoms with Crippen LogP contribution in [0.3, 0.4) is 0 Å². The lowest BCUT2D eigenvalue weighted by molar-refractivity contribution is -0.167. The van der Waals surface area contributed by atoms with Crippen molar-refractivity contribution in [3.63, 3.8) is 0 Å². The zero-order valence-electron chi connectivity index (χ0n) is 44.0. The summed E-state index contributed by atoms with van der Waals surface area (Å²) in [5.74, 6) is -0.880. The van der Waals surface area contributed by atoms with Crippen LogP contribution in [0.25, 0.3) is 0 Å². The molecule has 0 N–H and O–H groups in total. The number of esters is 3. The number of rotatable bonds is 52. The molecule has 0 aromatic rings. The van der Waals surface area contributed by atoms with Gasteiger partial charge in [-0.2, -0.15) is 0 Å². The topological polar surface area (TPSA) is 78.9 Å². The van der Waals surface area contributed by atoms with Crippen LogP contribution in [0.15, 0.2) is 48.6 Å². The van der Waals surface area contributed by atoms with Gasteiger partial charge in [-0.15, -0.1) is 0 Å². The fourth-order valence-corrected chi connectivity index (χ4v) is 8.20. The largest absolute Gasteiger partial charge is 0.462 e. The Morgan fingerprint density at radius 2 is 0.561 bits per heavy atom. The van der Waals surface area contributed by atoms with E-state index in [2.05, 4.69) is 69.4 Å². The number of carbonyl (C=O) groups excluding carboxylic acids is 3. The number of carbonyl (C=O) groups is 3. The zero-order valence-corrected chi connectivity index (χ0v) is 44.0. The third kappa shape index (κ3) is 52.3. The summed E-state index contributed by atoms with van der Waals surface area (Å²) in [7, 11) is 0. The van der Waals surface area contributed by atoms with Crippen LogP contribution >= 0.6 is 0 Å². The molecule has 0 bridgehead atoms.